The van der Waals surface area contributed by atoms with Gasteiger partial charge in [-0.2, -0.15) is 5.10 Å². The molecular weight excluding hydrogens is 356 g/mol. The van der Waals surface area contributed by atoms with Crippen LogP contribution in [-0.4, -0.2) is 41.3 Å². The second kappa shape index (κ2) is 7.96. The number of benzene rings is 2. The monoisotopic (exact) mass is 376 g/mol. The highest BCUT2D eigenvalue weighted by Crippen LogP contribution is 2.31. The van der Waals surface area contributed by atoms with E-state index in [1.54, 1.807) is 23.0 Å². The number of para-hydroxylation sites is 3. The Hall–Kier alpha value is -3.61. The van der Waals surface area contributed by atoms with Crippen molar-refractivity contribution >= 4 is 17.5 Å². The van der Waals surface area contributed by atoms with Crippen LogP contribution >= 0.6 is 0 Å². The van der Waals surface area contributed by atoms with E-state index >= 15 is 0 Å². The molecule has 2 amide bonds. The zero-order valence-electron chi connectivity index (χ0n) is 15.2. The molecule has 2 heterocycles. The first-order valence-corrected chi connectivity index (χ1v) is 9.08. The summed E-state index contributed by atoms with van der Waals surface area (Å²) in [5, 5.41) is 7.22. The lowest BCUT2D eigenvalue weighted by Crippen LogP contribution is -2.45. The van der Waals surface area contributed by atoms with Gasteiger partial charge in [0.05, 0.1) is 17.6 Å². The summed E-state index contributed by atoms with van der Waals surface area (Å²) in [7, 11) is 0. The van der Waals surface area contributed by atoms with Crippen molar-refractivity contribution in [3.8, 4) is 11.4 Å². The summed E-state index contributed by atoms with van der Waals surface area (Å²) in [6.07, 6.45) is 4.40. The summed E-state index contributed by atoms with van der Waals surface area (Å²) in [5.41, 5.74) is 2.64. The number of ether oxygens (including phenoxy) is 1. The predicted octanol–water partition coefficient (Wildman–Crippen LogP) is 1.96. The van der Waals surface area contributed by atoms with Crippen LogP contribution in [0.2, 0.25) is 0 Å². The van der Waals surface area contributed by atoms with Gasteiger partial charge in [0.1, 0.15) is 12.3 Å². The first-order chi connectivity index (χ1) is 13.7. The van der Waals surface area contributed by atoms with E-state index in [0.29, 0.717) is 24.4 Å². The van der Waals surface area contributed by atoms with Crippen LogP contribution in [0.3, 0.4) is 0 Å². The van der Waals surface area contributed by atoms with Crippen molar-refractivity contribution in [3.63, 3.8) is 0 Å². The molecule has 0 bridgehead atoms. The van der Waals surface area contributed by atoms with E-state index in [1.165, 1.54) is 4.90 Å². The van der Waals surface area contributed by atoms with Crippen LogP contribution in [0.5, 0.6) is 5.75 Å². The van der Waals surface area contributed by atoms with Gasteiger partial charge in [-0.05, 0) is 36.2 Å². The second-order valence-electron chi connectivity index (χ2n) is 6.46. The number of nitrogens with zero attached hydrogens (tertiary/aromatic N) is 3. The number of aromatic nitrogens is 2. The summed E-state index contributed by atoms with van der Waals surface area (Å²) in [6.45, 7) is 0.394. The third-order valence-electron chi connectivity index (χ3n) is 4.50. The highest BCUT2D eigenvalue weighted by Gasteiger charge is 2.26. The molecule has 28 heavy (non-hydrogen) atoms. The van der Waals surface area contributed by atoms with Gasteiger partial charge < -0.3 is 10.1 Å². The van der Waals surface area contributed by atoms with Gasteiger partial charge in [-0.25, -0.2) is 4.68 Å². The minimum atomic E-state index is -0.224. The Balaban J connectivity index is 1.31. The molecule has 1 N–H and O–H groups in total. The van der Waals surface area contributed by atoms with Crippen molar-refractivity contribution in [1.82, 2.24) is 15.1 Å². The predicted molar refractivity (Wildman–Crippen MR) is 105 cm³/mol. The van der Waals surface area contributed by atoms with Crippen LogP contribution in [0.1, 0.15) is 5.56 Å². The molecule has 0 atom stereocenters. The van der Waals surface area contributed by atoms with E-state index < -0.39 is 0 Å². The molecule has 4 rings (SSSR count). The van der Waals surface area contributed by atoms with Crippen LogP contribution in [0, 0.1) is 0 Å². The van der Waals surface area contributed by atoms with E-state index in [9.17, 15) is 9.59 Å². The average Bonchev–Trinajstić information content (AvgIpc) is 3.20. The van der Waals surface area contributed by atoms with Gasteiger partial charge in [-0.1, -0.05) is 30.3 Å². The Morgan fingerprint density at radius 1 is 1.11 bits per heavy atom. The maximum absolute atomic E-state index is 12.3. The van der Waals surface area contributed by atoms with Crippen molar-refractivity contribution < 1.29 is 14.3 Å². The van der Waals surface area contributed by atoms with E-state index in [0.717, 1.165) is 11.3 Å². The normalized spacial score (nSPS) is 13.0. The Kier molecular flexibility index (Phi) is 5.05. The number of hydrogen-bond donors (Lipinski definition) is 1. The van der Waals surface area contributed by atoms with Gasteiger partial charge in [0.2, 0.25) is 5.91 Å². The number of rotatable bonds is 6. The lowest BCUT2D eigenvalue weighted by molar-refractivity contribution is -0.125. The Bertz CT molecular complexity index is 984. The minimum Gasteiger partial charge on any atom is -0.482 e. The van der Waals surface area contributed by atoms with Gasteiger partial charge in [-0.3, -0.25) is 14.5 Å². The minimum absolute atomic E-state index is 0.0253. The number of fused-ring (bicyclic) bond motifs is 1. The Morgan fingerprint density at radius 3 is 2.75 bits per heavy atom. The number of hydrogen-bond acceptors (Lipinski definition) is 4. The second-order valence-corrected chi connectivity index (χ2v) is 6.46. The van der Waals surface area contributed by atoms with Gasteiger partial charge in [0.15, 0.2) is 6.61 Å². The molecule has 0 radical (unpaired) electrons. The molecule has 0 saturated heterocycles. The average molecular weight is 376 g/mol. The molecule has 0 fully saturated rings. The maximum Gasteiger partial charge on any atom is 0.265 e. The van der Waals surface area contributed by atoms with Crippen molar-refractivity contribution in [1.29, 1.82) is 0 Å². The van der Waals surface area contributed by atoms with Gasteiger partial charge in [-0.15, -0.1) is 0 Å². The fourth-order valence-electron chi connectivity index (χ4n) is 3.08. The molecule has 2 aromatic carbocycles. The van der Waals surface area contributed by atoms with Gasteiger partial charge in [0, 0.05) is 12.7 Å². The molecule has 3 aromatic rings. The Morgan fingerprint density at radius 2 is 1.89 bits per heavy atom. The molecule has 0 aliphatic carbocycles. The fraction of sp³-hybridized carbons (Fsp3) is 0.190. The summed E-state index contributed by atoms with van der Waals surface area (Å²) in [5.74, 6) is 0.182. The quantitative estimate of drug-likeness (QED) is 0.714. The summed E-state index contributed by atoms with van der Waals surface area (Å²) < 4.78 is 7.20. The van der Waals surface area contributed by atoms with E-state index in [2.05, 4.69) is 10.4 Å². The third kappa shape index (κ3) is 3.88. The van der Waals surface area contributed by atoms with Crippen LogP contribution in [0.25, 0.3) is 5.69 Å². The fourth-order valence-corrected chi connectivity index (χ4v) is 3.08. The molecule has 1 aliphatic rings. The lowest BCUT2D eigenvalue weighted by Gasteiger charge is -2.28. The number of anilines is 1. The van der Waals surface area contributed by atoms with Crippen LogP contribution in [0.15, 0.2) is 67.0 Å². The zero-order chi connectivity index (χ0) is 19.3. The van der Waals surface area contributed by atoms with E-state index in [-0.39, 0.29) is 25.0 Å². The molecule has 0 saturated carbocycles. The zero-order valence-corrected chi connectivity index (χ0v) is 15.2. The van der Waals surface area contributed by atoms with Crippen LogP contribution in [0.4, 0.5) is 5.69 Å². The molecule has 142 valence electrons. The summed E-state index contributed by atoms with van der Waals surface area (Å²) >= 11 is 0. The Labute approximate surface area is 162 Å². The highest BCUT2D eigenvalue weighted by atomic mass is 16.5. The van der Waals surface area contributed by atoms with Crippen LogP contribution in [-0.2, 0) is 16.0 Å². The topological polar surface area (TPSA) is 76.5 Å². The standard InChI is InChI=1S/C21H20N4O3/c26-20(14-24-18-8-4-5-9-19(18)28-15-21(24)27)22-11-10-16-12-23-25(13-16)17-6-2-1-3-7-17/h1-9,12-13H,10-11,14-15H2,(H,22,26). The van der Waals surface area contributed by atoms with E-state index in [1.807, 2.05) is 48.7 Å². The summed E-state index contributed by atoms with van der Waals surface area (Å²) in [6, 6.07) is 17.1. The first-order valence-electron chi connectivity index (χ1n) is 9.08. The van der Waals surface area contributed by atoms with Gasteiger partial charge >= 0.3 is 0 Å². The molecule has 0 spiro atoms. The number of carbonyl (C=O) groups is 2. The molecule has 1 aromatic heterocycles. The van der Waals surface area contributed by atoms with Crippen LogP contribution < -0.4 is 15.0 Å². The molecule has 7 heteroatoms. The van der Waals surface area contributed by atoms with Crippen molar-refractivity contribution in [2.75, 3.05) is 24.6 Å². The molecule has 0 unspecified atom stereocenters. The smallest absolute Gasteiger partial charge is 0.265 e. The maximum atomic E-state index is 12.3. The van der Waals surface area contributed by atoms with E-state index in [4.69, 9.17) is 4.74 Å². The highest BCUT2D eigenvalue weighted by molar-refractivity contribution is 6.02. The lowest BCUT2D eigenvalue weighted by atomic mass is 10.2. The first kappa shape index (κ1) is 17.8. The van der Waals surface area contributed by atoms with Gasteiger partial charge in [0.25, 0.3) is 5.91 Å². The number of nitrogens with one attached hydrogen (secondary N) is 1. The van der Waals surface area contributed by atoms with Crippen molar-refractivity contribution in [2.24, 2.45) is 0 Å². The summed E-state index contributed by atoms with van der Waals surface area (Å²) in [4.78, 5) is 25.9. The molecular formula is C21H20N4O3. The molecule has 7 nitrogen and oxygen atoms in total. The third-order valence-corrected chi connectivity index (χ3v) is 4.50. The molecule has 1 aliphatic heterocycles. The van der Waals surface area contributed by atoms with Crippen molar-refractivity contribution in [2.45, 2.75) is 6.42 Å². The van der Waals surface area contributed by atoms with Crippen molar-refractivity contribution in [3.05, 3.63) is 72.6 Å². The SMILES string of the molecule is O=C(CN1C(=O)COc2ccccc21)NCCc1cnn(-c2ccccc2)c1. The number of amides is 2. The number of carbonyl (C=O) groups excluding carboxylic acids is 2. The largest absolute Gasteiger partial charge is 0.482 e.